The first kappa shape index (κ1) is 13.0. The van der Waals surface area contributed by atoms with Crippen molar-refractivity contribution in [2.24, 2.45) is 5.73 Å². The quantitative estimate of drug-likeness (QED) is 0.804. The Hall–Kier alpha value is -1.98. The molecule has 102 valence electrons. The molecule has 0 bridgehead atoms. The van der Waals surface area contributed by atoms with Gasteiger partial charge < -0.3 is 5.73 Å². The van der Waals surface area contributed by atoms with Crippen LogP contribution in [0.3, 0.4) is 0 Å². The summed E-state index contributed by atoms with van der Waals surface area (Å²) in [6, 6.07) is 7.25. The maximum atomic E-state index is 6.28. The summed E-state index contributed by atoms with van der Waals surface area (Å²) in [5, 5.41) is 4.75. The van der Waals surface area contributed by atoms with Crippen molar-refractivity contribution in [2.45, 2.75) is 19.5 Å². The lowest BCUT2D eigenvalue weighted by Crippen LogP contribution is -2.19. The van der Waals surface area contributed by atoms with Crippen molar-refractivity contribution in [3.63, 3.8) is 0 Å². The van der Waals surface area contributed by atoms with Gasteiger partial charge in [-0.2, -0.15) is 5.10 Å². The Morgan fingerprint density at radius 1 is 1.25 bits per heavy atom. The van der Waals surface area contributed by atoms with E-state index < -0.39 is 6.04 Å². The molecule has 3 aromatic rings. The second-order valence-corrected chi connectivity index (χ2v) is 4.86. The van der Waals surface area contributed by atoms with Crippen molar-refractivity contribution in [2.75, 3.05) is 0 Å². The predicted octanol–water partition coefficient (Wildman–Crippen LogP) is 2.55. The summed E-state index contributed by atoms with van der Waals surface area (Å²) in [5.41, 5.74) is 9.39. The van der Waals surface area contributed by atoms with Gasteiger partial charge in [-0.3, -0.25) is 9.67 Å². The Labute approximate surface area is 121 Å². The predicted molar refractivity (Wildman–Crippen MR) is 78.5 cm³/mol. The van der Waals surface area contributed by atoms with Gasteiger partial charge in [-0.05, 0) is 19.1 Å². The molecule has 0 radical (unpaired) electrons. The summed E-state index contributed by atoms with van der Waals surface area (Å²) < 4.78 is 1.78. The van der Waals surface area contributed by atoms with Gasteiger partial charge in [0.25, 0.3) is 0 Å². The fourth-order valence-corrected chi connectivity index (χ4v) is 2.45. The number of nitrogens with two attached hydrogens (primary N) is 1. The van der Waals surface area contributed by atoms with E-state index in [1.165, 1.54) is 0 Å². The summed E-state index contributed by atoms with van der Waals surface area (Å²) in [7, 11) is 0. The summed E-state index contributed by atoms with van der Waals surface area (Å²) in [6.07, 6.45) is 3.30. The first-order chi connectivity index (χ1) is 9.70. The molecule has 2 heterocycles. The van der Waals surface area contributed by atoms with Gasteiger partial charge >= 0.3 is 0 Å². The lowest BCUT2D eigenvalue weighted by Gasteiger charge is -2.13. The molecule has 1 unspecified atom stereocenters. The largest absolute Gasteiger partial charge is 0.318 e. The van der Waals surface area contributed by atoms with Gasteiger partial charge in [0.15, 0.2) is 0 Å². The standard InChI is InChI=1S/C14H14ClN5/c1-2-20-14(9(15)7-18-20)13(16)12-8-17-10-5-3-4-6-11(10)19-12/h3-8,13H,2,16H2,1H3. The molecule has 0 spiro atoms. The number of aryl methyl sites for hydroxylation is 1. The normalized spacial score (nSPS) is 12.8. The van der Waals surface area contributed by atoms with Crippen LogP contribution in [0.1, 0.15) is 24.4 Å². The van der Waals surface area contributed by atoms with Crippen LogP contribution in [0.2, 0.25) is 5.02 Å². The van der Waals surface area contributed by atoms with Crippen LogP contribution in [0.25, 0.3) is 11.0 Å². The third-order valence-corrected chi connectivity index (χ3v) is 3.50. The van der Waals surface area contributed by atoms with E-state index in [1.807, 2.05) is 31.2 Å². The second kappa shape index (κ2) is 5.19. The van der Waals surface area contributed by atoms with E-state index in [0.29, 0.717) is 17.3 Å². The first-order valence-corrected chi connectivity index (χ1v) is 6.77. The molecule has 2 N–H and O–H groups in total. The van der Waals surface area contributed by atoms with Crippen LogP contribution >= 0.6 is 11.6 Å². The molecule has 3 rings (SSSR count). The van der Waals surface area contributed by atoms with Gasteiger partial charge in [-0.1, -0.05) is 23.7 Å². The highest BCUT2D eigenvalue weighted by molar-refractivity contribution is 6.31. The van der Waals surface area contributed by atoms with Crippen molar-refractivity contribution in [1.82, 2.24) is 19.7 Å². The molecule has 6 heteroatoms. The maximum absolute atomic E-state index is 6.28. The van der Waals surface area contributed by atoms with Crippen LogP contribution in [0, 0.1) is 0 Å². The molecule has 0 saturated carbocycles. The minimum atomic E-state index is -0.443. The highest BCUT2D eigenvalue weighted by atomic mass is 35.5. The van der Waals surface area contributed by atoms with E-state index >= 15 is 0 Å². The number of hydrogen-bond donors (Lipinski definition) is 1. The van der Waals surface area contributed by atoms with E-state index in [-0.39, 0.29) is 0 Å². The minimum Gasteiger partial charge on any atom is -0.318 e. The van der Waals surface area contributed by atoms with Gasteiger partial charge in [0.1, 0.15) is 0 Å². The molecule has 0 aliphatic carbocycles. The summed E-state index contributed by atoms with van der Waals surface area (Å²) in [5.74, 6) is 0. The van der Waals surface area contributed by atoms with Crippen molar-refractivity contribution < 1.29 is 0 Å². The zero-order chi connectivity index (χ0) is 14.1. The number of aromatic nitrogens is 4. The van der Waals surface area contributed by atoms with Gasteiger partial charge in [0.2, 0.25) is 0 Å². The molecule has 0 aliphatic heterocycles. The number of fused-ring (bicyclic) bond motifs is 1. The Bertz CT molecular complexity index is 752. The zero-order valence-electron chi connectivity index (χ0n) is 11.0. The fourth-order valence-electron chi connectivity index (χ4n) is 2.19. The van der Waals surface area contributed by atoms with Crippen molar-refractivity contribution in [3.05, 3.63) is 53.1 Å². The molecule has 0 saturated heterocycles. The number of halogens is 1. The van der Waals surface area contributed by atoms with E-state index in [2.05, 4.69) is 15.1 Å². The minimum absolute atomic E-state index is 0.443. The third kappa shape index (κ3) is 2.15. The lowest BCUT2D eigenvalue weighted by molar-refractivity contribution is 0.596. The number of hydrogen-bond acceptors (Lipinski definition) is 4. The second-order valence-electron chi connectivity index (χ2n) is 4.45. The molecule has 0 aliphatic rings. The van der Waals surface area contributed by atoms with E-state index in [9.17, 15) is 0 Å². The molecule has 1 aromatic carbocycles. The summed E-state index contributed by atoms with van der Waals surface area (Å²) >= 11 is 6.18. The number of para-hydroxylation sites is 2. The van der Waals surface area contributed by atoms with Gasteiger partial charge in [-0.25, -0.2) is 4.98 Å². The summed E-state index contributed by atoms with van der Waals surface area (Å²) in [6.45, 7) is 2.70. The van der Waals surface area contributed by atoms with Crippen molar-refractivity contribution >= 4 is 22.6 Å². The van der Waals surface area contributed by atoms with Gasteiger partial charge in [0, 0.05) is 6.54 Å². The van der Waals surface area contributed by atoms with Crippen molar-refractivity contribution in [1.29, 1.82) is 0 Å². The SMILES string of the molecule is CCn1ncc(Cl)c1C(N)c1cnc2ccccc2n1. The van der Waals surface area contributed by atoms with Crippen LogP contribution < -0.4 is 5.73 Å². The Kier molecular flexibility index (Phi) is 3.38. The smallest absolute Gasteiger partial charge is 0.0928 e. The average molecular weight is 288 g/mol. The number of benzene rings is 1. The zero-order valence-corrected chi connectivity index (χ0v) is 11.7. The molecule has 1 atom stereocenters. The molecular formula is C14H14ClN5. The summed E-state index contributed by atoms with van der Waals surface area (Å²) in [4.78, 5) is 8.94. The van der Waals surface area contributed by atoms with Crippen LogP contribution in [-0.4, -0.2) is 19.7 Å². The maximum Gasteiger partial charge on any atom is 0.0928 e. The highest BCUT2D eigenvalue weighted by Crippen LogP contribution is 2.25. The molecule has 0 fully saturated rings. The fraction of sp³-hybridized carbons (Fsp3) is 0.214. The monoisotopic (exact) mass is 287 g/mol. The van der Waals surface area contributed by atoms with Gasteiger partial charge in [-0.15, -0.1) is 0 Å². The lowest BCUT2D eigenvalue weighted by atomic mass is 10.1. The van der Waals surface area contributed by atoms with Crippen molar-refractivity contribution in [3.8, 4) is 0 Å². The van der Waals surface area contributed by atoms with Gasteiger partial charge in [0.05, 0.1) is 45.9 Å². The van der Waals surface area contributed by atoms with E-state index in [0.717, 1.165) is 16.7 Å². The Balaban J connectivity index is 2.07. The Morgan fingerprint density at radius 2 is 2.00 bits per heavy atom. The molecule has 0 amide bonds. The first-order valence-electron chi connectivity index (χ1n) is 6.39. The van der Waals surface area contributed by atoms with Crippen LogP contribution in [0.15, 0.2) is 36.7 Å². The average Bonchev–Trinajstić information content (AvgIpc) is 2.87. The van der Waals surface area contributed by atoms with E-state index in [4.69, 9.17) is 17.3 Å². The molecule has 20 heavy (non-hydrogen) atoms. The highest BCUT2D eigenvalue weighted by Gasteiger charge is 2.19. The third-order valence-electron chi connectivity index (χ3n) is 3.21. The van der Waals surface area contributed by atoms with Crippen LogP contribution in [0.4, 0.5) is 0 Å². The Morgan fingerprint density at radius 3 is 2.75 bits per heavy atom. The number of nitrogens with zero attached hydrogens (tertiary/aromatic N) is 4. The molecular weight excluding hydrogens is 274 g/mol. The molecule has 2 aromatic heterocycles. The molecule has 5 nitrogen and oxygen atoms in total. The van der Waals surface area contributed by atoms with Crippen LogP contribution in [-0.2, 0) is 6.54 Å². The van der Waals surface area contributed by atoms with Crippen LogP contribution in [0.5, 0.6) is 0 Å². The topological polar surface area (TPSA) is 69.6 Å². The van der Waals surface area contributed by atoms with E-state index in [1.54, 1.807) is 17.1 Å². The number of rotatable bonds is 3.